The maximum absolute atomic E-state index is 12.4. The van der Waals surface area contributed by atoms with Gasteiger partial charge in [0, 0.05) is 18.7 Å². The average molecular weight is 441 g/mol. The summed E-state index contributed by atoms with van der Waals surface area (Å²) in [5, 5.41) is 8.34. The molecule has 0 bridgehead atoms. The Balaban J connectivity index is 1.55. The molecule has 30 heavy (non-hydrogen) atoms. The highest BCUT2D eigenvalue weighted by molar-refractivity contribution is 7.99. The number of hydrogen-bond donors (Lipinski definition) is 1. The summed E-state index contributed by atoms with van der Waals surface area (Å²) >= 11 is 1.15. The molecule has 1 aromatic carbocycles. The van der Waals surface area contributed by atoms with E-state index in [-0.39, 0.29) is 29.3 Å². The molecule has 0 unspecified atom stereocenters. The zero-order valence-electron chi connectivity index (χ0n) is 16.2. The fourth-order valence-electron chi connectivity index (χ4n) is 3.11. The maximum atomic E-state index is 12.4. The third-order valence-corrected chi connectivity index (χ3v) is 5.64. The number of rotatable bonds is 7. The van der Waals surface area contributed by atoms with Gasteiger partial charge in [-0.15, -0.1) is 10.2 Å². The molecular weight excluding hydrogens is 420 g/mol. The number of carbonyl (C=O) groups is 2. The van der Waals surface area contributed by atoms with Gasteiger partial charge < -0.3 is 20.2 Å². The fraction of sp³-hybridized carbons (Fsp3) is 0.444. The zero-order valence-corrected chi connectivity index (χ0v) is 17.0. The standard InChI is InChI=1S/C18H21F2N5O4S/c1-28-16(27)12-6-8-24(9-7-12)14(26)10-30-18-23-22-15(25(18)21)11-2-4-13(5-3-11)29-17(19)20/h2-5,12,17H,6-10,21H2,1H3. The summed E-state index contributed by atoms with van der Waals surface area (Å²) in [5.74, 6) is 6.01. The zero-order chi connectivity index (χ0) is 21.7. The molecule has 0 saturated carbocycles. The van der Waals surface area contributed by atoms with Crippen molar-refractivity contribution in [2.75, 3.05) is 31.8 Å². The van der Waals surface area contributed by atoms with Crippen LogP contribution in [0.2, 0.25) is 0 Å². The Morgan fingerprint density at radius 1 is 1.23 bits per heavy atom. The molecule has 1 saturated heterocycles. The van der Waals surface area contributed by atoms with Crippen molar-refractivity contribution in [1.29, 1.82) is 0 Å². The molecule has 2 heterocycles. The molecule has 1 fully saturated rings. The second-order valence-electron chi connectivity index (χ2n) is 6.55. The summed E-state index contributed by atoms with van der Waals surface area (Å²) in [5.41, 5.74) is 0.565. The number of amides is 1. The van der Waals surface area contributed by atoms with Crippen LogP contribution in [-0.2, 0) is 14.3 Å². The molecule has 3 rings (SSSR count). The molecule has 1 aliphatic rings. The van der Waals surface area contributed by atoms with Gasteiger partial charge in [-0.3, -0.25) is 9.59 Å². The number of esters is 1. The van der Waals surface area contributed by atoms with Crippen molar-refractivity contribution < 1.29 is 27.8 Å². The molecule has 2 aromatic rings. The first-order valence-corrected chi connectivity index (χ1v) is 10.1. The van der Waals surface area contributed by atoms with Gasteiger partial charge in [0.1, 0.15) is 5.75 Å². The fourth-order valence-corrected chi connectivity index (χ4v) is 3.87. The van der Waals surface area contributed by atoms with E-state index in [1.807, 2.05) is 0 Å². The van der Waals surface area contributed by atoms with Crippen molar-refractivity contribution in [2.45, 2.75) is 24.6 Å². The van der Waals surface area contributed by atoms with Gasteiger partial charge in [-0.25, -0.2) is 4.68 Å². The third-order valence-electron chi connectivity index (χ3n) is 4.71. The number of hydrogen-bond acceptors (Lipinski definition) is 8. The van der Waals surface area contributed by atoms with E-state index in [0.29, 0.717) is 42.5 Å². The van der Waals surface area contributed by atoms with E-state index < -0.39 is 6.61 Å². The number of nitrogens with two attached hydrogens (primary N) is 1. The highest BCUT2D eigenvalue weighted by atomic mass is 32.2. The van der Waals surface area contributed by atoms with Crippen molar-refractivity contribution in [1.82, 2.24) is 19.8 Å². The van der Waals surface area contributed by atoms with Crippen LogP contribution in [0, 0.1) is 5.92 Å². The van der Waals surface area contributed by atoms with Crippen molar-refractivity contribution >= 4 is 23.6 Å². The first kappa shape index (κ1) is 21.8. The largest absolute Gasteiger partial charge is 0.469 e. The van der Waals surface area contributed by atoms with Crippen LogP contribution in [0.3, 0.4) is 0 Å². The number of piperidine rings is 1. The number of nitrogen functional groups attached to an aromatic ring is 1. The minimum absolute atomic E-state index is 0.0213. The normalized spacial score (nSPS) is 14.7. The highest BCUT2D eigenvalue weighted by Crippen LogP contribution is 2.25. The molecule has 1 aromatic heterocycles. The van der Waals surface area contributed by atoms with Crippen molar-refractivity contribution in [3.8, 4) is 17.1 Å². The van der Waals surface area contributed by atoms with Crippen LogP contribution >= 0.6 is 11.8 Å². The van der Waals surface area contributed by atoms with Gasteiger partial charge in [-0.2, -0.15) is 8.78 Å². The topological polar surface area (TPSA) is 113 Å². The Morgan fingerprint density at radius 3 is 2.50 bits per heavy atom. The predicted octanol–water partition coefficient (Wildman–Crippen LogP) is 1.76. The van der Waals surface area contributed by atoms with Crippen LogP contribution in [0.4, 0.5) is 8.78 Å². The number of alkyl halides is 2. The number of benzene rings is 1. The van der Waals surface area contributed by atoms with Crippen molar-refractivity contribution in [3.05, 3.63) is 24.3 Å². The van der Waals surface area contributed by atoms with E-state index in [4.69, 9.17) is 10.6 Å². The summed E-state index contributed by atoms with van der Waals surface area (Å²) in [6.07, 6.45) is 1.15. The Hall–Kier alpha value is -2.89. The second kappa shape index (κ2) is 9.74. The first-order valence-electron chi connectivity index (χ1n) is 9.13. The van der Waals surface area contributed by atoms with E-state index in [2.05, 4.69) is 14.9 Å². The third kappa shape index (κ3) is 5.17. The maximum Gasteiger partial charge on any atom is 0.387 e. The van der Waals surface area contributed by atoms with Crippen LogP contribution < -0.4 is 10.6 Å². The van der Waals surface area contributed by atoms with Gasteiger partial charge in [0.05, 0.1) is 18.8 Å². The lowest BCUT2D eigenvalue weighted by Crippen LogP contribution is -2.41. The summed E-state index contributed by atoms with van der Waals surface area (Å²) < 4.78 is 34.8. The minimum Gasteiger partial charge on any atom is -0.469 e. The summed E-state index contributed by atoms with van der Waals surface area (Å²) in [6.45, 7) is -1.92. The van der Waals surface area contributed by atoms with Crippen LogP contribution in [0.15, 0.2) is 29.4 Å². The Kier molecular flexibility index (Phi) is 7.08. The number of ether oxygens (including phenoxy) is 2. The smallest absolute Gasteiger partial charge is 0.387 e. The van der Waals surface area contributed by atoms with Crippen LogP contribution in [0.5, 0.6) is 5.75 Å². The van der Waals surface area contributed by atoms with Crippen LogP contribution in [-0.4, -0.2) is 64.2 Å². The van der Waals surface area contributed by atoms with Gasteiger partial charge in [0.2, 0.25) is 11.1 Å². The van der Waals surface area contributed by atoms with E-state index in [0.717, 1.165) is 11.8 Å². The van der Waals surface area contributed by atoms with Gasteiger partial charge in [-0.05, 0) is 37.1 Å². The van der Waals surface area contributed by atoms with E-state index >= 15 is 0 Å². The summed E-state index contributed by atoms with van der Waals surface area (Å²) in [4.78, 5) is 25.7. The molecule has 162 valence electrons. The van der Waals surface area contributed by atoms with Gasteiger partial charge in [0.25, 0.3) is 0 Å². The molecule has 0 spiro atoms. The Morgan fingerprint density at radius 2 is 1.90 bits per heavy atom. The summed E-state index contributed by atoms with van der Waals surface area (Å²) in [6, 6.07) is 5.83. The van der Waals surface area contributed by atoms with Crippen LogP contribution in [0.25, 0.3) is 11.4 Å². The monoisotopic (exact) mass is 441 g/mol. The van der Waals surface area contributed by atoms with Crippen molar-refractivity contribution in [2.24, 2.45) is 5.92 Å². The molecule has 1 aliphatic heterocycles. The molecule has 0 atom stereocenters. The first-order chi connectivity index (χ1) is 14.4. The van der Waals surface area contributed by atoms with Gasteiger partial charge in [-0.1, -0.05) is 11.8 Å². The Bertz CT molecular complexity index is 885. The number of thioether (sulfide) groups is 1. The van der Waals surface area contributed by atoms with Gasteiger partial charge >= 0.3 is 12.6 Å². The molecule has 0 radical (unpaired) electrons. The molecule has 1 amide bonds. The predicted molar refractivity (Wildman–Crippen MR) is 104 cm³/mol. The molecule has 0 aliphatic carbocycles. The highest BCUT2D eigenvalue weighted by Gasteiger charge is 2.28. The quantitative estimate of drug-likeness (QED) is 0.393. The number of halogens is 2. The Labute approximate surface area is 175 Å². The lowest BCUT2D eigenvalue weighted by Gasteiger charge is -2.30. The SMILES string of the molecule is COC(=O)C1CCN(C(=O)CSc2nnc(-c3ccc(OC(F)F)cc3)n2N)CC1. The second-order valence-corrected chi connectivity index (χ2v) is 7.49. The number of likely N-dealkylation sites (tertiary alicyclic amines) is 1. The van der Waals surface area contributed by atoms with E-state index in [1.165, 1.54) is 36.1 Å². The number of carbonyl (C=O) groups excluding carboxylic acids is 2. The number of aromatic nitrogens is 3. The lowest BCUT2D eigenvalue weighted by atomic mass is 9.97. The molecule has 2 N–H and O–H groups in total. The average Bonchev–Trinajstić information content (AvgIpc) is 3.12. The molecule has 9 nitrogen and oxygen atoms in total. The molecular formula is C18H21F2N5O4S. The van der Waals surface area contributed by atoms with E-state index in [1.54, 1.807) is 4.90 Å². The number of methoxy groups -OCH3 is 1. The summed E-state index contributed by atoms with van der Waals surface area (Å²) in [7, 11) is 1.36. The van der Waals surface area contributed by atoms with Crippen LogP contribution in [0.1, 0.15) is 12.8 Å². The molecule has 12 heteroatoms. The lowest BCUT2D eigenvalue weighted by molar-refractivity contribution is -0.148. The number of nitrogens with zero attached hydrogens (tertiary/aromatic N) is 4. The van der Waals surface area contributed by atoms with Gasteiger partial charge in [0.15, 0.2) is 5.82 Å². The van der Waals surface area contributed by atoms with E-state index in [9.17, 15) is 18.4 Å². The van der Waals surface area contributed by atoms with Crippen molar-refractivity contribution in [3.63, 3.8) is 0 Å². The minimum atomic E-state index is -2.90.